The zero-order valence-electron chi connectivity index (χ0n) is 10.1. The van der Waals surface area contributed by atoms with Crippen molar-refractivity contribution in [2.24, 2.45) is 0 Å². The lowest BCUT2D eigenvalue weighted by molar-refractivity contribution is 0.0948. The lowest BCUT2D eigenvalue weighted by atomic mass is 10.1. The number of phenolic OH excluding ortho intramolecular Hbond substituents is 1. The number of benzene rings is 1. The minimum absolute atomic E-state index is 0.00680. The summed E-state index contributed by atoms with van der Waals surface area (Å²) in [5, 5.41) is 12.4. The van der Waals surface area contributed by atoms with E-state index < -0.39 is 0 Å². The Morgan fingerprint density at radius 3 is 2.76 bits per heavy atom. The molecule has 0 saturated carbocycles. The molecule has 0 atom stereocenters. The Bertz CT molecular complexity index is 421. The number of carbonyl (C=O) groups excluding carboxylic acids is 1. The molecular formula is C12H16BrNO2S. The van der Waals surface area contributed by atoms with Crippen molar-refractivity contribution in [3.63, 3.8) is 0 Å². The number of thioether (sulfide) groups is 1. The van der Waals surface area contributed by atoms with Gasteiger partial charge in [-0.1, -0.05) is 15.9 Å². The Morgan fingerprint density at radius 2 is 2.18 bits per heavy atom. The molecule has 0 saturated heterocycles. The molecule has 17 heavy (non-hydrogen) atoms. The Labute approximate surface area is 114 Å². The van der Waals surface area contributed by atoms with E-state index in [-0.39, 0.29) is 22.0 Å². The van der Waals surface area contributed by atoms with Gasteiger partial charge >= 0.3 is 0 Å². The second kappa shape index (κ2) is 5.78. The van der Waals surface area contributed by atoms with E-state index in [0.29, 0.717) is 6.54 Å². The molecule has 0 aliphatic rings. The molecule has 3 nitrogen and oxygen atoms in total. The highest BCUT2D eigenvalue weighted by Gasteiger charge is 2.18. The first-order chi connectivity index (χ1) is 7.85. The van der Waals surface area contributed by atoms with Gasteiger partial charge in [-0.15, -0.1) is 0 Å². The number of rotatable bonds is 4. The molecule has 2 N–H and O–H groups in total. The van der Waals surface area contributed by atoms with E-state index in [1.807, 2.05) is 6.26 Å². The monoisotopic (exact) mass is 317 g/mol. The van der Waals surface area contributed by atoms with Crippen LogP contribution in [0.15, 0.2) is 22.7 Å². The summed E-state index contributed by atoms with van der Waals surface area (Å²) in [7, 11) is 0. The maximum absolute atomic E-state index is 11.9. The zero-order valence-corrected chi connectivity index (χ0v) is 12.5. The second-order valence-corrected chi connectivity index (χ2v) is 6.74. The number of phenols is 1. The standard InChI is InChI=1S/C12H16BrNO2S/c1-12(2,17-3)7-14-11(16)9-6-8(13)4-5-10(9)15/h4-6,15H,7H2,1-3H3,(H,14,16). The number of amides is 1. The van der Waals surface area contributed by atoms with Crippen LogP contribution in [0, 0.1) is 0 Å². The third kappa shape index (κ3) is 4.24. The zero-order chi connectivity index (χ0) is 13.1. The first kappa shape index (κ1) is 14.4. The SMILES string of the molecule is CSC(C)(C)CNC(=O)c1cc(Br)ccc1O. The smallest absolute Gasteiger partial charge is 0.255 e. The first-order valence-electron chi connectivity index (χ1n) is 5.17. The fourth-order valence-corrected chi connectivity index (χ4v) is 1.73. The average Bonchev–Trinajstić information content (AvgIpc) is 2.29. The topological polar surface area (TPSA) is 49.3 Å². The van der Waals surface area contributed by atoms with Crippen molar-refractivity contribution in [2.45, 2.75) is 18.6 Å². The third-order valence-corrected chi connectivity index (χ3v) is 4.17. The number of carbonyl (C=O) groups is 1. The van der Waals surface area contributed by atoms with E-state index >= 15 is 0 Å². The molecule has 0 fully saturated rings. The number of aromatic hydroxyl groups is 1. The van der Waals surface area contributed by atoms with Crippen molar-refractivity contribution in [3.05, 3.63) is 28.2 Å². The Morgan fingerprint density at radius 1 is 1.53 bits per heavy atom. The molecule has 0 aromatic heterocycles. The molecule has 1 aromatic carbocycles. The summed E-state index contributed by atoms with van der Waals surface area (Å²) in [6.07, 6.45) is 2.00. The minimum Gasteiger partial charge on any atom is -0.507 e. The van der Waals surface area contributed by atoms with Gasteiger partial charge in [0.25, 0.3) is 5.91 Å². The van der Waals surface area contributed by atoms with Gasteiger partial charge in [0.05, 0.1) is 5.56 Å². The molecule has 0 heterocycles. The van der Waals surface area contributed by atoms with Crippen molar-refractivity contribution < 1.29 is 9.90 Å². The number of nitrogens with one attached hydrogen (secondary N) is 1. The Balaban J connectivity index is 2.74. The number of hydrogen-bond donors (Lipinski definition) is 2. The Kier molecular flexibility index (Phi) is 4.89. The molecule has 1 rings (SSSR count). The minimum atomic E-state index is -0.258. The van der Waals surface area contributed by atoms with Gasteiger partial charge in [0.1, 0.15) is 5.75 Å². The molecule has 0 aliphatic heterocycles. The highest BCUT2D eigenvalue weighted by molar-refractivity contribution is 9.10. The molecular weight excluding hydrogens is 302 g/mol. The molecule has 0 spiro atoms. The van der Waals surface area contributed by atoms with E-state index in [1.165, 1.54) is 6.07 Å². The highest BCUT2D eigenvalue weighted by atomic mass is 79.9. The largest absolute Gasteiger partial charge is 0.507 e. The average molecular weight is 318 g/mol. The van der Waals surface area contributed by atoms with Crippen LogP contribution in [0.4, 0.5) is 0 Å². The third-order valence-electron chi connectivity index (χ3n) is 2.43. The summed E-state index contributed by atoms with van der Waals surface area (Å²) in [5.74, 6) is -0.265. The van der Waals surface area contributed by atoms with Crippen molar-refractivity contribution in [1.29, 1.82) is 0 Å². The van der Waals surface area contributed by atoms with Crippen molar-refractivity contribution >= 4 is 33.6 Å². The molecule has 0 radical (unpaired) electrons. The van der Waals surface area contributed by atoms with Gasteiger partial charge in [-0.05, 0) is 38.3 Å². The van der Waals surface area contributed by atoms with Crippen LogP contribution in [0.25, 0.3) is 0 Å². The summed E-state index contributed by atoms with van der Waals surface area (Å²) in [4.78, 5) is 11.9. The number of hydrogen-bond acceptors (Lipinski definition) is 3. The summed E-state index contributed by atoms with van der Waals surface area (Å²) in [6, 6.07) is 4.80. The molecule has 0 aliphatic carbocycles. The van der Waals surface area contributed by atoms with Gasteiger partial charge in [-0.2, -0.15) is 11.8 Å². The van der Waals surface area contributed by atoms with Gasteiger partial charge in [0.15, 0.2) is 0 Å². The molecule has 1 aromatic rings. The highest BCUT2D eigenvalue weighted by Crippen LogP contribution is 2.23. The second-order valence-electron chi connectivity index (χ2n) is 4.31. The Hall–Kier alpha value is -0.680. The van der Waals surface area contributed by atoms with Crippen LogP contribution in [0.3, 0.4) is 0 Å². The van der Waals surface area contributed by atoms with Crippen LogP contribution in [0.5, 0.6) is 5.75 Å². The van der Waals surface area contributed by atoms with E-state index in [2.05, 4.69) is 35.1 Å². The maximum atomic E-state index is 11.9. The van der Waals surface area contributed by atoms with Crippen LogP contribution >= 0.6 is 27.7 Å². The predicted molar refractivity (Wildman–Crippen MR) is 75.7 cm³/mol. The summed E-state index contributed by atoms with van der Waals surface area (Å²) in [5.41, 5.74) is 0.288. The van der Waals surface area contributed by atoms with Crippen LogP contribution in [-0.2, 0) is 0 Å². The van der Waals surface area contributed by atoms with Crippen molar-refractivity contribution in [2.75, 3.05) is 12.8 Å². The molecule has 0 bridgehead atoms. The summed E-state index contributed by atoms with van der Waals surface area (Å²) < 4.78 is 0.752. The predicted octanol–water partition coefficient (Wildman–Crippen LogP) is 3.03. The van der Waals surface area contributed by atoms with Crippen LogP contribution in [0.2, 0.25) is 0 Å². The van der Waals surface area contributed by atoms with Gasteiger partial charge < -0.3 is 10.4 Å². The lowest BCUT2D eigenvalue weighted by Gasteiger charge is -2.22. The molecule has 5 heteroatoms. The van der Waals surface area contributed by atoms with E-state index in [0.717, 1.165) is 4.47 Å². The molecule has 94 valence electrons. The first-order valence-corrected chi connectivity index (χ1v) is 7.19. The van der Waals surface area contributed by atoms with Crippen molar-refractivity contribution in [1.82, 2.24) is 5.32 Å². The normalized spacial score (nSPS) is 11.3. The van der Waals surface area contributed by atoms with E-state index in [9.17, 15) is 9.90 Å². The van der Waals surface area contributed by atoms with Gasteiger partial charge in [0, 0.05) is 15.8 Å². The fraction of sp³-hybridized carbons (Fsp3) is 0.417. The number of halogens is 1. The maximum Gasteiger partial charge on any atom is 0.255 e. The molecule has 0 unspecified atom stereocenters. The van der Waals surface area contributed by atoms with Gasteiger partial charge in [-0.3, -0.25) is 4.79 Å². The lowest BCUT2D eigenvalue weighted by Crippen LogP contribution is -2.36. The summed E-state index contributed by atoms with van der Waals surface area (Å²) >= 11 is 4.96. The summed E-state index contributed by atoms with van der Waals surface area (Å²) in [6.45, 7) is 4.66. The van der Waals surface area contributed by atoms with Crippen LogP contribution in [0.1, 0.15) is 24.2 Å². The molecule has 1 amide bonds. The van der Waals surface area contributed by atoms with Crippen LogP contribution in [-0.4, -0.2) is 28.6 Å². The van der Waals surface area contributed by atoms with Crippen LogP contribution < -0.4 is 5.32 Å². The van der Waals surface area contributed by atoms with E-state index in [4.69, 9.17) is 0 Å². The van der Waals surface area contributed by atoms with E-state index in [1.54, 1.807) is 23.9 Å². The van der Waals surface area contributed by atoms with Gasteiger partial charge in [-0.25, -0.2) is 0 Å². The van der Waals surface area contributed by atoms with Crippen molar-refractivity contribution in [3.8, 4) is 5.75 Å². The van der Waals surface area contributed by atoms with Gasteiger partial charge in [0.2, 0.25) is 0 Å². The fourth-order valence-electron chi connectivity index (χ4n) is 1.15. The quantitative estimate of drug-likeness (QED) is 0.897.